The number of anilines is 2. The van der Waals surface area contributed by atoms with E-state index in [-0.39, 0.29) is 0 Å². The monoisotopic (exact) mass is 286 g/mol. The van der Waals surface area contributed by atoms with Crippen molar-refractivity contribution in [2.45, 2.75) is 0 Å². The largest absolute Gasteiger partial charge is 0.353 e. The molecular formula is C9H15BrN6. The zero-order chi connectivity index (χ0) is 11.5. The van der Waals surface area contributed by atoms with E-state index in [2.05, 4.69) is 48.2 Å². The second kappa shape index (κ2) is 4.94. The minimum Gasteiger partial charge on any atom is -0.353 e. The van der Waals surface area contributed by atoms with E-state index in [0.29, 0.717) is 5.95 Å². The number of halogens is 1. The van der Waals surface area contributed by atoms with Crippen LogP contribution in [0.15, 0.2) is 10.7 Å². The maximum absolute atomic E-state index is 5.30. The summed E-state index contributed by atoms with van der Waals surface area (Å²) in [6, 6.07) is 0. The van der Waals surface area contributed by atoms with Gasteiger partial charge in [0.2, 0.25) is 5.95 Å². The van der Waals surface area contributed by atoms with Crippen molar-refractivity contribution in [1.29, 1.82) is 0 Å². The van der Waals surface area contributed by atoms with Gasteiger partial charge in [0.05, 0.1) is 4.47 Å². The molecule has 88 valence electrons. The number of aromatic nitrogens is 2. The van der Waals surface area contributed by atoms with Crippen LogP contribution in [-0.4, -0.2) is 48.1 Å². The quantitative estimate of drug-likeness (QED) is 0.601. The van der Waals surface area contributed by atoms with E-state index >= 15 is 0 Å². The summed E-state index contributed by atoms with van der Waals surface area (Å²) in [5.41, 5.74) is 2.46. The van der Waals surface area contributed by atoms with Crippen LogP contribution in [0, 0.1) is 0 Å². The lowest BCUT2D eigenvalue weighted by molar-refractivity contribution is 0.312. The number of rotatable bonds is 2. The molecule has 3 N–H and O–H groups in total. The highest BCUT2D eigenvalue weighted by Crippen LogP contribution is 2.24. The SMILES string of the molecule is CN1CCN(c2nc(NN)ncc2Br)CC1. The van der Waals surface area contributed by atoms with Crippen molar-refractivity contribution in [3.63, 3.8) is 0 Å². The summed E-state index contributed by atoms with van der Waals surface area (Å²) in [7, 11) is 2.12. The fourth-order valence-corrected chi connectivity index (χ4v) is 2.11. The normalized spacial score (nSPS) is 17.6. The Balaban J connectivity index is 2.19. The van der Waals surface area contributed by atoms with E-state index in [0.717, 1.165) is 36.5 Å². The molecule has 0 spiro atoms. The summed E-state index contributed by atoms with van der Waals surface area (Å²) < 4.78 is 0.899. The second-order valence-corrected chi connectivity index (χ2v) is 4.65. The first-order chi connectivity index (χ1) is 7.70. The first-order valence-electron chi connectivity index (χ1n) is 5.13. The zero-order valence-corrected chi connectivity index (χ0v) is 10.7. The van der Waals surface area contributed by atoms with E-state index < -0.39 is 0 Å². The van der Waals surface area contributed by atoms with Gasteiger partial charge in [-0.2, -0.15) is 4.98 Å². The third-order valence-electron chi connectivity index (χ3n) is 2.66. The van der Waals surface area contributed by atoms with E-state index in [9.17, 15) is 0 Å². The van der Waals surface area contributed by atoms with Crippen LogP contribution in [0.2, 0.25) is 0 Å². The molecule has 1 saturated heterocycles. The topological polar surface area (TPSA) is 70.3 Å². The van der Waals surface area contributed by atoms with Crippen LogP contribution in [-0.2, 0) is 0 Å². The molecule has 0 aromatic carbocycles. The fraction of sp³-hybridized carbons (Fsp3) is 0.556. The highest BCUT2D eigenvalue weighted by atomic mass is 79.9. The molecule has 0 unspecified atom stereocenters. The summed E-state index contributed by atoms with van der Waals surface area (Å²) in [5.74, 6) is 6.64. The lowest BCUT2D eigenvalue weighted by Gasteiger charge is -2.33. The third kappa shape index (κ3) is 2.42. The van der Waals surface area contributed by atoms with E-state index in [4.69, 9.17) is 5.84 Å². The Hall–Kier alpha value is -0.920. The van der Waals surface area contributed by atoms with Crippen molar-refractivity contribution in [3.8, 4) is 0 Å². The van der Waals surface area contributed by atoms with Crippen LogP contribution < -0.4 is 16.2 Å². The van der Waals surface area contributed by atoms with Crippen molar-refractivity contribution in [2.24, 2.45) is 5.84 Å². The zero-order valence-electron chi connectivity index (χ0n) is 9.15. The number of piperazine rings is 1. The number of nitrogens with one attached hydrogen (secondary N) is 1. The van der Waals surface area contributed by atoms with Gasteiger partial charge in [-0.25, -0.2) is 10.8 Å². The van der Waals surface area contributed by atoms with Crippen LogP contribution in [0.3, 0.4) is 0 Å². The Morgan fingerprint density at radius 1 is 1.38 bits per heavy atom. The number of hydrogen-bond donors (Lipinski definition) is 2. The smallest absolute Gasteiger partial charge is 0.239 e. The molecular weight excluding hydrogens is 272 g/mol. The minimum atomic E-state index is 0.442. The average molecular weight is 287 g/mol. The molecule has 0 atom stereocenters. The van der Waals surface area contributed by atoms with E-state index in [1.165, 1.54) is 0 Å². The standard InChI is InChI=1S/C9H15BrN6/c1-15-2-4-16(5-3-15)8-7(10)6-12-9(13-8)14-11/h6H,2-5,11H2,1H3,(H,12,13,14). The van der Waals surface area contributed by atoms with Crippen LogP contribution >= 0.6 is 15.9 Å². The minimum absolute atomic E-state index is 0.442. The molecule has 1 aliphatic rings. The molecule has 0 radical (unpaired) electrons. The molecule has 0 amide bonds. The maximum Gasteiger partial charge on any atom is 0.239 e. The van der Waals surface area contributed by atoms with Gasteiger partial charge < -0.3 is 9.80 Å². The molecule has 6 nitrogen and oxygen atoms in total. The molecule has 0 aliphatic carbocycles. The van der Waals surface area contributed by atoms with Gasteiger partial charge in [-0.1, -0.05) is 0 Å². The first-order valence-corrected chi connectivity index (χ1v) is 5.92. The number of hydrogen-bond acceptors (Lipinski definition) is 6. The Morgan fingerprint density at radius 2 is 2.06 bits per heavy atom. The second-order valence-electron chi connectivity index (χ2n) is 3.80. The lowest BCUT2D eigenvalue weighted by atomic mass is 10.3. The molecule has 1 aliphatic heterocycles. The average Bonchev–Trinajstić information content (AvgIpc) is 2.31. The first kappa shape index (κ1) is 11.6. The van der Waals surface area contributed by atoms with Crippen LogP contribution in [0.5, 0.6) is 0 Å². The van der Waals surface area contributed by atoms with Gasteiger partial charge in [-0.15, -0.1) is 0 Å². The lowest BCUT2D eigenvalue weighted by Crippen LogP contribution is -2.45. The number of nitrogens with two attached hydrogens (primary N) is 1. The third-order valence-corrected chi connectivity index (χ3v) is 3.22. The van der Waals surface area contributed by atoms with Gasteiger partial charge in [-0.05, 0) is 23.0 Å². The van der Waals surface area contributed by atoms with Gasteiger partial charge in [0.15, 0.2) is 0 Å². The van der Waals surface area contributed by atoms with Crippen molar-refractivity contribution in [3.05, 3.63) is 10.7 Å². The van der Waals surface area contributed by atoms with Gasteiger partial charge in [0, 0.05) is 32.4 Å². The highest BCUT2D eigenvalue weighted by Gasteiger charge is 2.18. The maximum atomic E-state index is 5.30. The van der Waals surface area contributed by atoms with Gasteiger partial charge in [0.1, 0.15) is 5.82 Å². The predicted octanol–water partition coefficient (Wildman–Crippen LogP) is 0.277. The molecule has 2 rings (SSSR count). The summed E-state index contributed by atoms with van der Waals surface area (Å²) in [4.78, 5) is 12.9. The molecule has 1 aromatic heterocycles. The Labute approximate surface area is 103 Å². The van der Waals surface area contributed by atoms with Crippen molar-refractivity contribution < 1.29 is 0 Å². The summed E-state index contributed by atoms with van der Waals surface area (Å²) in [6.07, 6.45) is 1.72. The summed E-state index contributed by atoms with van der Waals surface area (Å²) in [5, 5.41) is 0. The summed E-state index contributed by atoms with van der Waals surface area (Å²) in [6.45, 7) is 4.02. The highest BCUT2D eigenvalue weighted by molar-refractivity contribution is 9.10. The van der Waals surface area contributed by atoms with Crippen molar-refractivity contribution in [1.82, 2.24) is 14.9 Å². The Bertz CT molecular complexity index is 363. The van der Waals surface area contributed by atoms with Crippen LogP contribution in [0.25, 0.3) is 0 Å². The Morgan fingerprint density at radius 3 is 2.69 bits per heavy atom. The number of nitrogen functional groups attached to an aromatic ring is 1. The Kier molecular flexibility index (Phi) is 3.57. The number of hydrazine groups is 1. The van der Waals surface area contributed by atoms with E-state index in [1.807, 2.05) is 0 Å². The van der Waals surface area contributed by atoms with Gasteiger partial charge in [-0.3, -0.25) is 5.43 Å². The number of likely N-dealkylation sites (N-methyl/N-ethyl adjacent to an activating group) is 1. The molecule has 7 heteroatoms. The molecule has 2 heterocycles. The van der Waals surface area contributed by atoms with Crippen molar-refractivity contribution >= 4 is 27.7 Å². The molecule has 1 fully saturated rings. The molecule has 16 heavy (non-hydrogen) atoms. The van der Waals surface area contributed by atoms with Gasteiger partial charge >= 0.3 is 0 Å². The van der Waals surface area contributed by atoms with E-state index in [1.54, 1.807) is 6.20 Å². The molecule has 0 saturated carbocycles. The summed E-state index contributed by atoms with van der Waals surface area (Å²) >= 11 is 3.46. The fourth-order valence-electron chi connectivity index (χ4n) is 1.67. The van der Waals surface area contributed by atoms with Crippen LogP contribution in [0.4, 0.5) is 11.8 Å². The van der Waals surface area contributed by atoms with Crippen molar-refractivity contribution in [2.75, 3.05) is 43.6 Å². The van der Waals surface area contributed by atoms with Crippen LogP contribution in [0.1, 0.15) is 0 Å². The predicted molar refractivity (Wildman–Crippen MR) is 67.3 cm³/mol. The molecule has 0 bridgehead atoms. The molecule has 1 aromatic rings. The number of nitrogens with zero attached hydrogens (tertiary/aromatic N) is 4. The van der Waals surface area contributed by atoms with Gasteiger partial charge in [0.25, 0.3) is 0 Å².